The van der Waals surface area contributed by atoms with E-state index >= 15 is 0 Å². The third-order valence-electron chi connectivity index (χ3n) is 2.67. The van der Waals surface area contributed by atoms with Gasteiger partial charge in [0, 0.05) is 18.4 Å². The minimum Gasteiger partial charge on any atom is -0.341 e. The van der Waals surface area contributed by atoms with E-state index in [4.69, 9.17) is 0 Å². The maximum absolute atomic E-state index is 12.1. The number of urea groups is 1. The van der Waals surface area contributed by atoms with E-state index in [9.17, 15) is 9.59 Å². The second kappa shape index (κ2) is 6.21. The van der Waals surface area contributed by atoms with Gasteiger partial charge in [0.05, 0.1) is 4.88 Å². The highest BCUT2D eigenvalue weighted by atomic mass is 32.1. The molecule has 6 heteroatoms. The van der Waals surface area contributed by atoms with Gasteiger partial charge in [0.2, 0.25) is 0 Å². The van der Waals surface area contributed by atoms with E-state index in [1.54, 1.807) is 31.3 Å². The van der Waals surface area contributed by atoms with Gasteiger partial charge < -0.3 is 16.0 Å². The number of nitrogens with one attached hydrogen (secondary N) is 3. The number of carbonyl (C=O) groups is 2. The van der Waals surface area contributed by atoms with Crippen molar-refractivity contribution in [1.29, 1.82) is 0 Å². The summed E-state index contributed by atoms with van der Waals surface area (Å²) in [6.07, 6.45) is 0. The fourth-order valence-corrected chi connectivity index (χ4v) is 2.48. The van der Waals surface area contributed by atoms with Crippen molar-refractivity contribution in [2.45, 2.75) is 6.92 Å². The maximum Gasteiger partial charge on any atom is 0.318 e. The summed E-state index contributed by atoms with van der Waals surface area (Å²) in [6.45, 7) is 1.90. The second-order valence-electron chi connectivity index (χ2n) is 4.17. The van der Waals surface area contributed by atoms with Crippen LogP contribution in [0.2, 0.25) is 0 Å². The van der Waals surface area contributed by atoms with Crippen molar-refractivity contribution >= 4 is 34.6 Å². The monoisotopic (exact) mass is 289 g/mol. The average Bonchev–Trinajstić information content (AvgIpc) is 2.85. The van der Waals surface area contributed by atoms with Crippen LogP contribution in [0, 0.1) is 6.92 Å². The molecule has 2 aromatic rings. The highest BCUT2D eigenvalue weighted by Gasteiger charge is 2.10. The van der Waals surface area contributed by atoms with Crippen LogP contribution in [0.3, 0.4) is 0 Å². The summed E-state index contributed by atoms with van der Waals surface area (Å²) in [5.41, 5.74) is 2.20. The largest absolute Gasteiger partial charge is 0.341 e. The molecule has 0 unspecified atom stereocenters. The molecule has 1 aromatic carbocycles. The fraction of sp³-hybridized carbons (Fsp3) is 0.143. The van der Waals surface area contributed by atoms with Gasteiger partial charge in [0.1, 0.15) is 0 Å². The van der Waals surface area contributed by atoms with Crippen molar-refractivity contribution < 1.29 is 9.59 Å². The molecule has 0 radical (unpaired) electrons. The van der Waals surface area contributed by atoms with Crippen LogP contribution in [0.5, 0.6) is 0 Å². The Balaban J connectivity index is 2.10. The fourth-order valence-electron chi connectivity index (χ4n) is 1.66. The molecule has 0 spiro atoms. The van der Waals surface area contributed by atoms with E-state index < -0.39 is 0 Å². The summed E-state index contributed by atoms with van der Waals surface area (Å²) in [5, 5.41) is 9.82. The Kier molecular flexibility index (Phi) is 4.37. The Morgan fingerprint density at radius 3 is 2.40 bits per heavy atom. The van der Waals surface area contributed by atoms with Crippen molar-refractivity contribution in [3.8, 4) is 0 Å². The van der Waals surface area contributed by atoms with Gasteiger partial charge in [-0.3, -0.25) is 4.79 Å². The van der Waals surface area contributed by atoms with Gasteiger partial charge in [-0.1, -0.05) is 6.07 Å². The van der Waals surface area contributed by atoms with Gasteiger partial charge >= 0.3 is 6.03 Å². The molecule has 5 nitrogen and oxygen atoms in total. The van der Waals surface area contributed by atoms with Crippen LogP contribution < -0.4 is 16.0 Å². The first-order valence-electron chi connectivity index (χ1n) is 6.04. The number of carbonyl (C=O) groups excluding carboxylic acids is 2. The molecule has 2 rings (SSSR count). The smallest absolute Gasteiger partial charge is 0.318 e. The van der Waals surface area contributed by atoms with Crippen molar-refractivity contribution in [3.05, 3.63) is 46.2 Å². The van der Waals surface area contributed by atoms with Gasteiger partial charge in [-0.15, -0.1) is 11.3 Å². The SMILES string of the molecule is CNC(=O)Nc1cccc(NC(=O)c2sccc2C)c1. The number of anilines is 2. The van der Waals surface area contributed by atoms with Crippen molar-refractivity contribution in [2.24, 2.45) is 0 Å². The lowest BCUT2D eigenvalue weighted by atomic mass is 10.2. The zero-order valence-electron chi connectivity index (χ0n) is 11.2. The summed E-state index contributed by atoms with van der Waals surface area (Å²) >= 11 is 1.40. The zero-order chi connectivity index (χ0) is 14.5. The van der Waals surface area contributed by atoms with Gasteiger partial charge in [-0.2, -0.15) is 0 Å². The van der Waals surface area contributed by atoms with Gasteiger partial charge in [0.25, 0.3) is 5.91 Å². The molecule has 0 aliphatic rings. The van der Waals surface area contributed by atoms with E-state index in [2.05, 4.69) is 16.0 Å². The third-order valence-corrected chi connectivity index (χ3v) is 3.69. The van der Waals surface area contributed by atoms with Crippen LogP contribution in [0.15, 0.2) is 35.7 Å². The van der Waals surface area contributed by atoms with Crippen LogP contribution in [0.1, 0.15) is 15.2 Å². The van der Waals surface area contributed by atoms with Crippen LogP contribution in [-0.2, 0) is 0 Å². The third kappa shape index (κ3) is 3.36. The molecule has 3 amide bonds. The lowest BCUT2D eigenvalue weighted by Gasteiger charge is -2.08. The molecule has 3 N–H and O–H groups in total. The van der Waals surface area contributed by atoms with Crippen LogP contribution in [-0.4, -0.2) is 19.0 Å². The predicted octanol–water partition coefficient (Wildman–Crippen LogP) is 3.06. The predicted molar refractivity (Wildman–Crippen MR) is 81.5 cm³/mol. The van der Waals surface area contributed by atoms with E-state index in [0.29, 0.717) is 16.3 Å². The van der Waals surface area contributed by atoms with E-state index in [-0.39, 0.29) is 11.9 Å². The Hall–Kier alpha value is -2.34. The van der Waals surface area contributed by atoms with E-state index in [0.717, 1.165) is 5.56 Å². The molecule has 0 saturated carbocycles. The molecule has 1 heterocycles. The van der Waals surface area contributed by atoms with Crippen LogP contribution >= 0.6 is 11.3 Å². The topological polar surface area (TPSA) is 70.2 Å². The highest BCUT2D eigenvalue weighted by Crippen LogP contribution is 2.19. The normalized spacial score (nSPS) is 9.90. The van der Waals surface area contributed by atoms with Gasteiger partial charge in [0.15, 0.2) is 0 Å². The number of aryl methyl sites for hydroxylation is 1. The minimum atomic E-state index is -0.303. The first-order chi connectivity index (χ1) is 9.60. The number of benzene rings is 1. The molecule has 0 saturated heterocycles. The molecule has 104 valence electrons. The number of thiophene rings is 1. The van der Waals surface area contributed by atoms with Crippen molar-refractivity contribution in [3.63, 3.8) is 0 Å². The van der Waals surface area contributed by atoms with Gasteiger partial charge in [-0.25, -0.2) is 4.79 Å². The molecular formula is C14H15N3O2S. The maximum atomic E-state index is 12.1. The lowest BCUT2D eigenvalue weighted by Crippen LogP contribution is -2.24. The Labute approximate surface area is 121 Å². The molecule has 1 aromatic heterocycles. The molecular weight excluding hydrogens is 274 g/mol. The number of hydrogen-bond donors (Lipinski definition) is 3. The first kappa shape index (κ1) is 14.1. The molecule has 20 heavy (non-hydrogen) atoms. The number of rotatable bonds is 3. The standard InChI is InChI=1S/C14H15N3O2S/c1-9-6-7-20-12(9)13(18)16-10-4-3-5-11(8-10)17-14(19)15-2/h3-8H,1-2H3,(H,16,18)(H2,15,17,19). The minimum absolute atomic E-state index is 0.144. The molecule has 0 fully saturated rings. The van der Waals surface area contributed by atoms with Gasteiger partial charge in [-0.05, 0) is 42.1 Å². The molecule has 0 aliphatic carbocycles. The second-order valence-corrected chi connectivity index (χ2v) is 5.09. The summed E-state index contributed by atoms with van der Waals surface area (Å²) in [7, 11) is 1.54. The number of amides is 3. The van der Waals surface area contributed by atoms with Crippen LogP contribution in [0.25, 0.3) is 0 Å². The van der Waals surface area contributed by atoms with Crippen molar-refractivity contribution in [1.82, 2.24) is 5.32 Å². The molecule has 0 atom stereocenters. The van der Waals surface area contributed by atoms with Crippen LogP contribution in [0.4, 0.5) is 16.2 Å². The first-order valence-corrected chi connectivity index (χ1v) is 6.92. The van der Waals surface area contributed by atoms with E-state index in [1.807, 2.05) is 18.4 Å². The van der Waals surface area contributed by atoms with E-state index in [1.165, 1.54) is 11.3 Å². The van der Waals surface area contributed by atoms with Crippen molar-refractivity contribution in [2.75, 3.05) is 17.7 Å². The Morgan fingerprint density at radius 1 is 1.10 bits per heavy atom. The summed E-state index contributed by atoms with van der Waals surface area (Å²) in [5.74, 6) is -0.144. The summed E-state index contributed by atoms with van der Waals surface area (Å²) in [6, 6.07) is 8.60. The Bertz CT molecular complexity index is 637. The lowest BCUT2D eigenvalue weighted by molar-refractivity contribution is 0.103. The molecule has 0 aliphatic heterocycles. The summed E-state index contributed by atoms with van der Waals surface area (Å²) < 4.78 is 0. The summed E-state index contributed by atoms with van der Waals surface area (Å²) in [4.78, 5) is 24.0. The number of hydrogen-bond acceptors (Lipinski definition) is 3. The highest BCUT2D eigenvalue weighted by molar-refractivity contribution is 7.12. The zero-order valence-corrected chi connectivity index (χ0v) is 12.0. The quantitative estimate of drug-likeness (QED) is 0.812. The Morgan fingerprint density at radius 2 is 1.80 bits per heavy atom. The average molecular weight is 289 g/mol. The molecule has 0 bridgehead atoms.